The molecule has 0 aliphatic rings. The number of hydrogen-bond donors (Lipinski definition) is 0. The largest absolute Gasteiger partial charge is 0.313 e. The van der Waals surface area contributed by atoms with Crippen LogP contribution in [0, 0.1) is 18.7 Å². The molecule has 0 atom stereocenters. The molecule has 0 saturated heterocycles. The Morgan fingerprint density at radius 1 is 1.11 bits per heavy atom. The van der Waals surface area contributed by atoms with Crippen LogP contribution in [0.2, 0.25) is 0 Å². The van der Waals surface area contributed by atoms with Gasteiger partial charge in [0.25, 0.3) is 5.56 Å². The van der Waals surface area contributed by atoms with Crippen LogP contribution in [-0.2, 0) is 6.54 Å². The maximum Gasteiger partial charge on any atom is 0.280 e. The van der Waals surface area contributed by atoms with Crippen LogP contribution in [0.1, 0.15) is 26.0 Å². The summed E-state index contributed by atoms with van der Waals surface area (Å²) in [6.07, 6.45) is 2.69. The first-order chi connectivity index (χ1) is 13.0. The van der Waals surface area contributed by atoms with E-state index in [1.165, 1.54) is 12.1 Å². The number of pyridine rings is 1. The van der Waals surface area contributed by atoms with Crippen molar-refractivity contribution in [2.45, 2.75) is 33.7 Å². The zero-order valence-corrected chi connectivity index (χ0v) is 15.5. The smallest absolute Gasteiger partial charge is 0.280 e. The lowest BCUT2D eigenvalue weighted by atomic mass is 10.1. The van der Waals surface area contributed by atoms with Gasteiger partial charge >= 0.3 is 0 Å². The van der Waals surface area contributed by atoms with E-state index in [2.05, 4.69) is 29.1 Å². The molecule has 27 heavy (non-hydrogen) atoms. The van der Waals surface area contributed by atoms with Gasteiger partial charge in [0.15, 0.2) is 11.2 Å². The highest BCUT2D eigenvalue weighted by Crippen LogP contribution is 2.28. The summed E-state index contributed by atoms with van der Waals surface area (Å²) in [6.45, 7) is 6.76. The van der Waals surface area contributed by atoms with Crippen LogP contribution in [0.25, 0.3) is 27.8 Å². The molecule has 0 unspecified atom stereocenters. The third-order valence-electron chi connectivity index (χ3n) is 4.71. The Morgan fingerprint density at radius 3 is 2.56 bits per heavy atom. The quantitative estimate of drug-likeness (QED) is 0.554. The Labute approximate surface area is 155 Å². The number of aryl methyl sites for hydroxylation is 2. The molecule has 0 amide bonds. The first-order valence-corrected chi connectivity index (χ1v) is 8.97. The van der Waals surface area contributed by atoms with Gasteiger partial charge in [-0.05, 0) is 43.0 Å². The topological polar surface area (TPSA) is 65.1 Å². The van der Waals surface area contributed by atoms with Crippen molar-refractivity contribution in [3.8, 4) is 11.1 Å². The van der Waals surface area contributed by atoms with Gasteiger partial charge in [0, 0.05) is 12.7 Å². The molecule has 0 N–H and O–H groups in total. The number of hydrogen-bond acceptors (Lipinski definition) is 4. The van der Waals surface area contributed by atoms with E-state index in [0.29, 0.717) is 29.1 Å². The van der Waals surface area contributed by atoms with E-state index in [9.17, 15) is 9.18 Å². The van der Waals surface area contributed by atoms with E-state index in [1.54, 1.807) is 27.4 Å². The monoisotopic (exact) mass is 365 g/mol. The van der Waals surface area contributed by atoms with Crippen LogP contribution in [0.3, 0.4) is 0 Å². The number of nitrogens with zero attached hydrogens (tertiary/aromatic N) is 5. The second-order valence-corrected chi connectivity index (χ2v) is 7.13. The second-order valence-electron chi connectivity index (χ2n) is 7.13. The SMILES string of the molecule is Cc1nn2c(nnc3c(=O)n(CCC(C)C)ccc32)c1-c1ccc(F)cc1. The number of rotatable bonds is 4. The lowest BCUT2D eigenvalue weighted by Gasteiger charge is -2.09. The molecule has 0 aliphatic carbocycles. The summed E-state index contributed by atoms with van der Waals surface area (Å²) in [5.41, 5.74) is 3.62. The van der Waals surface area contributed by atoms with Gasteiger partial charge in [-0.25, -0.2) is 8.91 Å². The van der Waals surface area contributed by atoms with Crippen molar-refractivity contribution in [2.75, 3.05) is 0 Å². The predicted molar refractivity (Wildman–Crippen MR) is 102 cm³/mol. The average Bonchev–Trinajstić information content (AvgIpc) is 2.98. The lowest BCUT2D eigenvalue weighted by Crippen LogP contribution is -2.22. The molecule has 4 rings (SSSR count). The first-order valence-electron chi connectivity index (χ1n) is 8.97. The van der Waals surface area contributed by atoms with E-state index in [-0.39, 0.29) is 11.4 Å². The third kappa shape index (κ3) is 2.99. The molecule has 1 aromatic carbocycles. The number of aromatic nitrogens is 5. The lowest BCUT2D eigenvalue weighted by molar-refractivity contribution is 0.509. The van der Waals surface area contributed by atoms with Gasteiger partial charge in [-0.2, -0.15) is 5.10 Å². The normalized spacial score (nSPS) is 11.7. The van der Waals surface area contributed by atoms with Gasteiger partial charge in [-0.3, -0.25) is 4.79 Å². The van der Waals surface area contributed by atoms with Crippen LogP contribution in [0.5, 0.6) is 0 Å². The van der Waals surface area contributed by atoms with Crippen molar-refractivity contribution in [1.82, 2.24) is 24.4 Å². The van der Waals surface area contributed by atoms with Crippen LogP contribution in [-0.4, -0.2) is 24.4 Å². The summed E-state index contributed by atoms with van der Waals surface area (Å²) in [5, 5.41) is 13.0. The van der Waals surface area contributed by atoms with Gasteiger partial charge in [0.2, 0.25) is 0 Å². The first kappa shape index (κ1) is 17.3. The summed E-state index contributed by atoms with van der Waals surface area (Å²) in [7, 11) is 0. The highest BCUT2D eigenvalue weighted by Gasteiger charge is 2.17. The maximum absolute atomic E-state index is 13.3. The Kier molecular flexibility index (Phi) is 4.22. The van der Waals surface area contributed by atoms with Crippen molar-refractivity contribution in [3.63, 3.8) is 0 Å². The number of halogens is 1. The molecule has 7 heteroatoms. The van der Waals surface area contributed by atoms with Crippen molar-refractivity contribution in [3.05, 3.63) is 58.4 Å². The second kappa shape index (κ2) is 6.57. The van der Waals surface area contributed by atoms with Gasteiger partial charge in [-0.15, -0.1) is 10.2 Å². The zero-order chi connectivity index (χ0) is 19.1. The maximum atomic E-state index is 13.3. The summed E-state index contributed by atoms with van der Waals surface area (Å²) in [6, 6.07) is 8.03. The molecule has 0 spiro atoms. The molecule has 0 aliphatic heterocycles. The average molecular weight is 365 g/mol. The van der Waals surface area contributed by atoms with Gasteiger partial charge < -0.3 is 4.57 Å². The molecule has 3 aromatic heterocycles. The molecule has 0 fully saturated rings. The van der Waals surface area contributed by atoms with Gasteiger partial charge in [0.05, 0.1) is 11.3 Å². The van der Waals surface area contributed by atoms with Crippen LogP contribution < -0.4 is 5.56 Å². The van der Waals surface area contributed by atoms with Gasteiger partial charge in [-0.1, -0.05) is 26.0 Å². The Balaban J connectivity index is 1.90. The molecule has 138 valence electrons. The molecule has 0 saturated carbocycles. The Hall–Kier alpha value is -3.09. The fraction of sp³-hybridized carbons (Fsp3) is 0.300. The standard InChI is InChI=1S/C20H20FN5O/c1-12(2)8-10-25-11-9-16-18(20(25)27)22-23-19-17(13(3)24-26(16)19)14-4-6-15(21)7-5-14/h4-7,9,11-12H,8,10H2,1-3H3. The molecule has 3 heterocycles. The van der Waals surface area contributed by atoms with Crippen LogP contribution in [0.15, 0.2) is 41.3 Å². The molecule has 6 nitrogen and oxygen atoms in total. The summed E-state index contributed by atoms with van der Waals surface area (Å²) >= 11 is 0. The minimum Gasteiger partial charge on any atom is -0.313 e. The van der Waals surface area contributed by atoms with Crippen molar-refractivity contribution >= 4 is 16.7 Å². The van der Waals surface area contributed by atoms with E-state index in [1.807, 2.05) is 13.0 Å². The van der Waals surface area contributed by atoms with Gasteiger partial charge in [0.1, 0.15) is 11.3 Å². The highest BCUT2D eigenvalue weighted by molar-refractivity contribution is 5.84. The Morgan fingerprint density at radius 2 is 1.85 bits per heavy atom. The molecular formula is C20H20FN5O. The van der Waals surface area contributed by atoms with E-state index >= 15 is 0 Å². The van der Waals surface area contributed by atoms with Crippen molar-refractivity contribution in [1.29, 1.82) is 0 Å². The van der Waals surface area contributed by atoms with Crippen LogP contribution in [0.4, 0.5) is 4.39 Å². The van der Waals surface area contributed by atoms with Crippen molar-refractivity contribution < 1.29 is 4.39 Å². The highest BCUT2D eigenvalue weighted by atomic mass is 19.1. The minimum atomic E-state index is -0.300. The summed E-state index contributed by atoms with van der Waals surface area (Å²) in [5.74, 6) is 0.208. The third-order valence-corrected chi connectivity index (χ3v) is 4.71. The minimum absolute atomic E-state index is 0.168. The van der Waals surface area contributed by atoms with Crippen LogP contribution >= 0.6 is 0 Å². The fourth-order valence-electron chi connectivity index (χ4n) is 3.22. The zero-order valence-electron chi connectivity index (χ0n) is 15.5. The summed E-state index contributed by atoms with van der Waals surface area (Å²) < 4.78 is 16.6. The molecule has 0 bridgehead atoms. The summed E-state index contributed by atoms with van der Waals surface area (Å²) in [4.78, 5) is 12.8. The molecule has 0 radical (unpaired) electrons. The van der Waals surface area contributed by atoms with Crippen molar-refractivity contribution in [2.24, 2.45) is 5.92 Å². The predicted octanol–water partition coefficient (Wildman–Crippen LogP) is 3.60. The number of benzene rings is 1. The molecule has 4 aromatic rings. The molecular weight excluding hydrogens is 345 g/mol. The fourth-order valence-corrected chi connectivity index (χ4v) is 3.22. The van der Waals surface area contributed by atoms with E-state index in [4.69, 9.17) is 0 Å². The van der Waals surface area contributed by atoms with E-state index < -0.39 is 0 Å². The number of fused-ring (bicyclic) bond motifs is 3. The van der Waals surface area contributed by atoms with E-state index in [0.717, 1.165) is 23.2 Å². The Bertz CT molecular complexity index is 1190.